The third-order valence-corrected chi connectivity index (χ3v) is 7.80. The van der Waals surface area contributed by atoms with E-state index in [-0.39, 0.29) is 59.6 Å². The largest absolute Gasteiger partial charge is 0.506 e. The monoisotopic (exact) mass is 750 g/mol. The molecule has 10 nitrogen and oxygen atoms in total. The molecule has 4 heterocycles. The van der Waals surface area contributed by atoms with Gasteiger partial charge in [0.1, 0.15) is 34.5 Å². The number of amides is 2. The fraction of sp³-hybridized carbons (Fsp3) is 0.267. The Kier molecular flexibility index (Phi) is 9.69. The maximum Gasteiger partial charge on any atom is 0.431 e. The van der Waals surface area contributed by atoms with Gasteiger partial charge in [-0.25, -0.2) is 18.6 Å². The van der Waals surface area contributed by atoms with E-state index in [2.05, 4.69) is 15.9 Å². The minimum Gasteiger partial charge on any atom is -0.506 e. The molecule has 0 fully saturated rings. The van der Waals surface area contributed by atoms with Crippen molar-refractivity contribution in [2.45, 2.75) is 25.4 Å². The van der Waals surface area contributed by atoms with E-state index >= 15 is 0 Å². The molecule has 0 saturated heterocycles. The lowest BCUT2D eigenvalue weighted by atomic mass is 10.2. The summed E-state index contributed by atoms with van der Waals surface area (Å²) in [5.74, 6) is -2.97. The molecule has 0 spiro atoms. The summed E-state index contributed by atoms with van der Waals surface area (Å²) >= 11 is 11.5. The predicted octanol–water partition coefficient (Wildman–Crippen LogP) is 5.99. The van der Waals surface area contributed by atoms with Gasteiger partial charge >= 0.3 is 12.4 Å². The number of hydrogen-bond acceptors (Lipinski definition) is 8. The first-order valence-electron chi connectivity index (χ1n) is 14.0. The van der Waals surface area contributed by atoms with Crippen LogP contribution in [0.3, 0.4) is 0 Å². The first-order chi connectivity index (χ1) is 23.3. The summed E-state index contributed by atoms with van der Waals surface area (Å²) < 4.78 is 113. The lowest BCUT2D eigenvalue weighted by molar-refractivity contribution is -0.119. The maximum atomic E-state index is 14.5. The van der Waals surface area contributed by atoms with Crippen LogP contribution < -0.4 is 14.5 Å². The Morgan fingerprint density at radius 2 is 1.26 bits per heavy atom. The number of aromatic hydroxyl groups is 1. The van der Waals surface area contributed by atoms with Crippen LogP contribution >= 0.6 is 23.2 Å². The Labute approximate surface area is 287 Å². The van der Waals surface area contributed by atoms with Crippen LogP contribution in [0.25, 0.3) is 0 Å². The van der Waals surface area contributed by atoms with E-state index in [0.717, 1.165) is 39.0 Å². The number of carbonyl (C=O) groups is 2. The van der Waals surface area contributed by atoms with E-state index < -0.39 is 64.7 Å². The molecule has 1 N–H and O–H groups in total. The molecule has 2 aromatic carbocycles. The molecule has 0 bridgehead atoms. The van der Waals surface area contributed by atoms with Crippen molar-refractivity contribution in [1.82, 2.24) is 9.80 Å². The SMILES string of the molecule is C#CC(C)Oc1cc(N2C(=O)C=C(C(F)(F)F)N3CCN=C32)c(F)cc1Cl.O=C1C=C(C(F)(F)F)N2CCN=C2N1c1cc(O)c(Cl)cc1F. The van der Waals surface area contributed by atoms with Crippen LogP contribution in [0, 0.1) is 24.0 Å². The van der Waals surface area contributed by atoms with Crippen LogP contribution in [0.1, 0.15) is 6.92 Å². The third kappa shape index (κ3) is 6.87. The van der Waals surface area contributed by atoms with Crippen molar-refractivity contribution < 1.29 is 54.6 Å². The van der Waals surface area contributed by atoms with Crippen LogP contribution in [0.15, 0.2) is 57.8 Å². The molecular formula is C30H20Cl2F8N6O4. The normalized spacial score (nSPS) is 18.0. The molecule has 4 aliphatic rings. The van der Waals surface area contributed by atoms with Crippen LogP contribution in [0.4, 0.5) is 46.5 Å². The third-order valence-electron chi connectivity index (χ3n) is 7.20. The molecule has 0 aromatic heterocycles. The number of nitrogens with zero attached hydrogens (tertiary/aromatic N) is 6. The van der Waals surface area contributed by atoms with Gasteiger partial charge in [-0.15, -0.1) is 6.42 Å². The Bertz CT molecular complexity index is 1940. The molecule has 50 heavy (non-hydrogen) atoms. The lowest BCUT2D eigenvalue weighted by Gasteiger charge is -2.35. The van der Waals surface area contributed by atoms with E-state index in [1.165, 1.54) is 0 Å². The van der Waals surface area contributed by atoms with Gasteiger partial charge in [-0.2, -0.15) is 26.3 Å². The highest BCUT2D eigenvalue weighted by molar-refractivity contribution is 6.33. The van der Waals surface area contributed by atoms with Gasteiger partial charge in [0, 0.05) is 37.4 Å². The molecule has 1 unspecified atom stereocenters. The fourth-order valence-electron chi connectivity index (χ4n) is 5.05. The van der Waals surface area contributed by atoms with Crippen LogP contribution in [0.2, 0.25) is 10.0 Å². The molecule has 2 amide bonds. The quantitative estimate of drug-likeness (QED) is 0.305. The number of guanidine groups is 2. The lowest BCUT2D eigenvalue weighted by Crippen LogP contribution is -2.51. The first-order valence-corrected chi connectivity index (χ1v) is 14.8. The number of anilines is 2. The van der Waals surface area contributed by atoms with Gasteiger partial charge in [-0.05, 0) is 19.1 Å². The summed E-state index contributed by atoms with van der Waals surface area (Å²) in [6.07, 6.45) is -4.18. The Balaban J connectivity index is 0.000000197. The van der Waals surface area contributed by atoms with E-state index in [1.807, 2.05) is 0 Å². The summed E-state index contributed by atoms with van der Waals surface area (Å²) in [5.41, 5.74) is -3.08. The van der Waals surface area contributed by atoms with Gasteiger partial charge in [0.15, 0.2) is 6.10 Å². The molecule has 2 aromatic rings. The molecule has 0 aliphatic carbocycles. The number of rotatable bonds is 4. The number of hydrogen-bond donors (Lipinski definition) is 1. The van der Waals surface area contributed by atoms with E-state index in [0.29, 0.717) is 17.1 Å². The van der Waals surface area contributed by atoms with Crippen LogP contribution in [-0.2, 0) is 9.59 Å². The number of phenolic OH excluding ortho intramolecular Hbond substituents is 1. The summed E-state index contributed by atoms with van der Waals surface area (Å²) in [6.45, 7) is 1.42. The Morgan fingerprint density at radius 3 is 1.70 bits per heavy atom. The number of fused-ring (bicyclic) bond motifs is 2. The first kappa shape index (κ1) is 36.3. The predicted molar refractivity (Wildman–Crippen MR) is 165 cm³/mol. The van der Waals surface area contributed by atoms with Gasteiger partial charge in [0.2, 0.25) is 11.9 Å². The van der Waals surface area contributed by atoms with Crippen molar-refractivity contribution in [1.29, 1.82) is 0 Å². The zero-order valence-electron chi connectivity index (χ0n) is 25.1. The number of aliphatic imine (C=N–C) groups is 2. The number of benzene rings is 2. The average molecular weight is 751 g/mol. The van der Waals surface area contributed by atoms with Crippen LogP contribution in [-0.4, -0.2) is 83.3 Å². The highest BCUT2D eigenvalue weighted by Gasteiger charge is 2.48. The van der Waals surface area contributed by atoms with Crippen molar-refractivity contribution in [3.8, 4) is 23.8 Å². The average Bonchev–Trinajstić information content (AvgIpc) is 3.70. The zero-order chi connectivity index (χ0) is 36.9. The fourth-order valence-corrected chi connectivity index (χ4v) is 5.40. The van der Waals surface area contributed by atoms with E-state index in [1.54, 1.807) is 6.92 Å². The molecule has 20 heteroatoms. The number of terminal acetylenes is 1. The number of halogens is 10. The standard InChI is InChI=1S/C17H12ClF4N3O2.C13H8ClF4N3O2/c1-3-9(2)27-13-7-12(11(19)6-10(13)18)25-15(26)8-14(17(20,21)22)24-5-4-23-16(24)25;14-6-3-7(15)8(4-9(6)22)21-11(23)5-10(13(16,17)18)20-2-1-19-12(20)21/h1,6-9H,4-5H2,2H3;3-5,22H,1-2H2. The van der Waals surface area contributed by atoms with Gasteiger partial charge in [0.25, 0.3) is 11.8 Å². The maximum absolute atomic E-state index is 14.5. The second-order valence-electron chi connectivity index (χ2n) is 10.5. The van der Waals surface area contributed by atoms with Crippen LogP contribution in [0.5, 0.6) is 11.5 Å². The highest BCUT2D eigenvalue weighted by atomic mass is 35.5. The topological polar surface area (TPSA) is 101 Å². The molecule has 6 rings (SSSR count). The summed E-state index contributed by atoms with van der Waals surface area (Å²) in [6, 6.07) is 3.63. The van der Waals surface area contributed by atoms with Gasteiger partial charge in [-0.3, -0.25) is 19.6 Å². The molecule has 0 saturated carbocycles. The van der Waals surface area contributed by atoms with Crippen molar-refractivity contribution in [2.75, 3.05) is 36.0 Å². The number of allylic oxidation sites excluding steroid dienone is 2. The number of ether oxygens (including phenoxy) is 1. The second-order valence-corrected chi connectivity index (χ2v) is 11.3. The number of carbonyl (C=O) groups excluding carboxylic acids is 2. The number of alkyl halides is 6. The minimum atomic E-state index is -4.75. The summed E-state index contributed by atoms with van der Waals surface area (Å²) in [5, 5.41) is 9.20. The molecule has 0 radical (unpaired) electrons. The van der Waals surface area contributed by atoms with Gasteiger partial charge in [-0.1, -0.05) is 29.1 Å². The smallest absolute Gasteiger partial charge is 0.431 e. The molecular weight excluding hydrogens is 731 g/mol. The number of phenols is 1. The second kappa shape index (κ2) is 13.4. The Morgan fingerprint density at radius 1 is 0.820 bits per heavy atom. The van der Waals surface area contributed by atoms with E-state index in [4.69, 9.17) is 34.4 Å². The van der Waals surface area contributed by atoms with E-state index in [9.17, 15) is 49.8 Å². The van der Waals surface area contributed by atoms with Crippen molar-refractivity contribution in [2.24, 2.45) is 9.98 Å². The van der Waals surface area contributed by atoms with Crippen molar-refractivity contribution in [3.05, 3.63) is 69.5 Å². The van der Waals surface area contributed by atoms with Gasteiger partial charge in [0.05, 0.1) is 34.5 Å². The highest BCUT2D eigenvalue weighted by Crippen LogP contribution is 2.40. The van der Waals surface area contributed by atoms with Crippen molar-refractivity contribution >= 4 is 58.3 Å². The molecule has 4 aliphatic heterocycles. The summed E-state index contributed by atoms with van der Waals surface area (Å²) in [7, 11) is 0. The zero-order valence-corrected chi connectivity index (χ0v) is 26.6. The van der Waals surface area contributed by atoms with Gasteiger partial charge < -0.3 is 19.6 Å². The Hall–Kier alpha value is -5.02. The summed E-state index contributed by atoms with van der Waals surface area (Å²) in [4.78, 5) is 35.3. The molecule has 1 atom stereocenters. The minimum absolute atomic E-state index is 0.0120. The molecule has 264 valence electrons. The van der Waals surface area contributed by atoms with Crippen molar-refractivity contribution in [3.63, 3.8) is 0 Å².